The molecule has 4 nitrogen and oxygen atoms in total. The van der Waals surface area contributed by atoms with Crippen LogP contribution in [0, 0.1) is 5.41 Å². The van der Waals surface area contributed by atoms with Gasteiger partial charge in [-0.25, -0.2) is 0 Å². The second-order valence-electron chi connectivity index (χ2n) is 8.16. The summed E-state index contributed by atoms with van der Waals surface area (Å²) in [5.41, 5.74) is 4.86. The number of hydrogen-bond donors (Lipinski definition) is 1. The molecule has 0 fully saturated rings. The van der Waals surface area contributed by atoms with Gasteiger partial charge in [-0.05, 0) is 46.2 Å². The van der Waals surface area contributed by atoms with Crippen molar-refractivity contribution in [3.05, 3.63) is 75.7 Å². The Kier molecular flexibility index (Phi) is 4.87. The molecule has 5 heteroatoms. The molecule has 1 unspecified atom stereocenters. The van der Waals surface area contributed by atoms with Crippen molar-refractivity contribution in [2.24, 2.45) is 5.41 Å². The Labute approximate surface area is 164 Å². The number of fused-ring (bicyclic) bond motifs is 1. The van der Waals surface area contributed by atoms with Crippen molar-refractivity contribution in [2.75, 3.05) is 0 Å². The smallest absolute Gasteiger partial charge is 0.224 e. The second-order valence-corrected chi connectivity index (χ2v) is 8.94. The summed E-state index contributed by atoms with van der Waals surface area (Å²) in [6, 6.07) is 12.4. The normalized spacial score (nSPS) is 18.1. The van der Waals surface area contributed by atoms with Crippen molar-refractivity contribution in [3.8, 4) is 0 Å². The lowest BCUT2D eigenvalue weighted by Gasteiger charge is -2.36. The fourth-order valence-electron chi connectivity index (χ4n) is 3.94. The number of carbonyl (C=O) groups excluding carboxylic acids is 1. The minimum atomic E-state index is 0.0272. The number of rotatable bonds is 5. The lowest BCUT2D eigenvalue weighted by atomic mass is 9.74. The first-order valence-corrected chi connectivity index (χ1v) is 10.3. The molecule has 2 heterocycles. The highest BCUT2D eigenvalue weighted by atomic mass is 32.1. The van der Waals surface area contributed by atoms with Crippen LogP contribution in [-0.4, -0.2) is 15.7 Å². The number of carbonyl (C=O) groups is 1. The molecule has 4 rings (SSSR count). The summed E-state index contributed by atoms with van der Waals surface area (Å²) in [7, 11) is 0. The van der Waals surface area contributed by atoms with Gasteiger partial charge < -0.3 is 5.32 Å². The largest absolute Gasteiger partial charge is 0.349 e. The number of benzene rings is 1. The third kappa shape index (κ3) is 4.14. The number of thiophene rings is 1. The predicted molar refractivity (Wildman–Crippen MR) is 109 cm³/mol. The van der Waals surface area contributed by atoms with Gasteiger partial charge in [-0.2, -0.15) is 16.4 Å². The number of nitrogens with zero attached hydrogens (tertiary/aromatic N) is 2. The zero-order chi connectivity index (χ0) is 18.9. The molecule has 0 bridgehead atoms. The first-order valence-electron chi connectivity index (χ1n) is 9.39. The van der Waals surface area contributed by atoms with Gasteiger partial charge in [0.2, 0.25) is 5.91 Å². The summed E-state index contributed by atoms with van der Waals surface area (Å²) in [6.07, 6.45) is 4.30. The van der Waals surface area contributed by atoms with E-state index in [1.54, 1.807) is 11.3 Å². The van der Waals surface area contributed by atoms with Gasteiger partial charge in [-0.15, -0.1) is 0 Å². The standard InChI is InChI=1S/C22H25N3OS/c1-22(2)11-19(24-21(26)10-17-8-9-27-15-17)18-13-23-25(20(18)12-22)14-16-6-4-3-5-7-16/h3-9,13,15,19H,10-12,14H2,1-2H3,(H,24,26). The topological polar surface area (TPSA) is 46.9 Å². The van der Waals surface area contributed by atoms with Crippen molar-refractivity contribution >= 4 is 17.2 Å². The summed E-state index contributed by atoms with van der Waals surface area (Å²) < 4.78 is 2.10. The summed E-state index contributed by atoms with van der Waals surface area (Å²) in [5.74, 6) is 0.0814. The molecule has 1 aromatic carbocycles. The van der Waals surface area contributed by atoms with Gasteiger partial charge in [0, 0.05) is 11.3 Å². The third-order valence-electron chi connectivity index (χ3n) is 5.21. The highest BCUT2D eigenvalue weighted by Gasteiger charge is 2.35. The van der Waals surface area contributed by atoms with E-state index in [1.807, 2.05) is 29.1 Å². The van der Waals surface area contributed by atoms with Gasteiger partial charge in [0.05, 0.1) is 25.2 Å². The van der Waals surface area contributed by atoms with Crippen molar-refractivity contribution in [3.63, 3.8) is 0 Å². The summed E-state index contributed by atoms with van der Waals surface area (Å²) in [4.78, 5) is 12.6. The Morgan fingerprint density at radius 3 is 2.81 bits per heavy atom. The van der Waals surface area contributed by atoms with Crippen LogP contribution < -0.4 is 5.32 Å². The molecule has 1 aliphatic carbocycles. The van der Waals surface area contributed by atoms with Gasteiger partial charge >= 0.3 is 0 Å². The molecule has 0 saturated heterocycles. The molecule has 1 atom stereocenters. The molecule has 0 radical (unpaired) electrons. The number of amides is 1. The predicted octanol–water partition coefficient (Wildman–Crippen LogP) is 4.37. The molecule has 3 aromatic rings. The van der Waals surface area contributed by atoms with Crippen LogP contribution in [0.2, 0.25) is 0 Å². The lowest BCUT2D eigenvalue weighted by molar-refractivity contribution is -0.121. The molecule has 0 spiro atoms. The Morgan fingerprint density at radius 2 is 2.07 bits per heavy atom. The molecule has 1 aliphatic rings. The fourth-order valence-corrected chi connectivity index (χ4v) is 4.61. The van der Waals surface area contributed by atoms with Gasteiger partial charge in [-0.1, -0.05) is 44.2 Å². The maximum absolute atomic E-state index is 12.6. The van der Waals surface area contributed by atoms with E-state index < -0.39 is 0 Å². The van der Waals surface area contributed by atoms with Crippen LogP contribution in [0.15, 0.2) is 53.4 Å². The molecule has 140 valence electrons. The lowest BCUT2D eigenvalue weighted by Crippen LogP contribution is -2.37. The fraction of sp³-hybridized carbons (Fsp3) is 0.364. The van der Waals surface area contributed by atoms with Gasteiger partial charge in [0.15, 0.2) is 0 Å². The van der Waals surface area contributed by atoms with E-state index in [1.165, 1.54) is 16.8 Å². The van der Waals surface area contributed by atoms with E-state index in [4.69, 9.17) is 0 Å². The van der Waals surface area contributed by atoms with Crippen LogP contribution in [0.3, 0.4) is 0 Å². The van der Waals surface area contributed by atoms with Crippen LogP contribution in [0.25, 0.3) is 0 Å². The van der Waals surface area contributed by atoms with Crippen molar-refractivity contribution in [1.29, 1.82) is 0 Å². The maximum atomic E-state index is 12.6. The number of nitrogens with one attached hydrogen (secondary N) is 1. The first kappa shape index (κ1) is 18.0. The average Bonchev–Trinajstić information content (AvgIpc) is 3.25. The molecule has 1 N–H and O–H groups in total. The molecule has 0 saturated carbocycles. The van der Waals surface area contributed by atoms with Crippen LogP contribution in [0.5, 0.6) is 0 Å². The van der Waals surface area contributed by atoms with Crippen LogP contribution >= 0.6 is 11.3 Å². The Balaban J connectivity index is 1.55. The van der Waals surface area contributed by atoms with Crippen LogP contribution in [0.4, 0.5) is 0 Å². The van der Waals surface area contributed by atoms with Gasteiger partial charge in [0.1, 0.15) is 0 Å². The van der Waals surface area contributed by atoms with E-state index in [0.717, 1.165) is 24.9 Å². The van der Waals surface area contributed by atoms with Gasteiger partial charge in [-0.3, -0.25) is 9.48 Å². The molecule has 1 amide bonds. The molecular formula is C22H25N3OS. The molecular weight excluding hydrogens is 354 g/mol. The van der Waals surface area contributed by atoms with E-state index >= 15 is 0 Å². The summed E-state index contributed by atoms with van der Waals surface area (Å²) >= 11 is 1.63. The Morgan fingerprint density at radius 1 is 1.26 bits per heavy atom. The minimum Gasteiger partial charge on any atom is -0.349 e. The summed E-state index contributed by atoms with van der Waals surface area (Å²) in [6.45, 7) is 5.31. The minimum absolute atomic E-state index is 0.0272. The Hall–Kier alpha value is -2.40. The highest BCUT2D eigenvalue weighted by Crippen LogP contribution is 2.40. The van der Waals surface area contributed by atoms with Crippen LogP contribution in [0.1, 0.15) is 48.7 Å². The number of aromatic nitrogens is 2. The third-order valence-corrected chi connectivity index (χ3v) is 5.95. The molecule has 27 heavy (non-hydrogen) atoms. The average molecular weight is 380 g/mol. The zero-order valence-electron chi connectivity index (χ0n) is 15.8. The van der Waals surface area contributed by atoms with E-state index in [2.05, 4.69) is 53.2 Å². The maximum Gasteiger partial charge on any atom is 0.224 e. The van der Waals surface area contributed by atoms with Crippen molar-refractivity contribution in [1.82, 2.24) is 15.1 Å². The van der Waals surface area contributed by atoms with E-state index in [9.17, 15) is 4.79 Å². The second kappa shape index (κ2) is 7.31. The van der Waals surface area contributed by atoms with Crippen LogP contribution in [-0.2, 0) is 24.2 Å². The van der Waals surface area contributed by atoms with E-state index in [-0.39, 0.29) is 17.4 Å². The summed E-state index contributed by atoms with van der Waals surface area (Å²) in [5, 5.41) is 12.0. The highest BCUT2D eigenvalue weighted by molar-refractivity contribution is 7.08. The Bertz CT molecular complexity index is 912. The SMILES string of the molecule is CC1(C)Cc2c(cnn2Cc2ccccc2)C(NC(=O)Cc2ccsc2)C1. The molecule has 0 aliphatic heterocycles. The van der Waals surface area contributed by atoms with Crippen molar-refractivity contribution < 1.29 is 4.79 Å². The van der Waals surface area contributed by atoms with Gasteiger partial charge in [0.25, 0.3) is 0 Å². The first-order chi connectivity index (χ1) is 13.0. The quantitative estimate of drug-likeness (QED) is 0.716. The van der Waals surface area contributed by atoms with E-state index in [0.29, 0.717) is 6.42 Å². The monoisotopic (exact) mass is 379 g/mol. The zero-order valence-corrected chi connectivity index (χ0v) is 16.6. The molecule has 2 aromatic heterocycles. The number of hydrogen-bond acceptors (Lipinski definition) is 3. The van der Waals surface area contributed by atoms with Crippen molar-refractivity contribution in [2.45, 2.75) is 45.7 Å².